The SMILES string of the molecule is COc1ccccc1Nc1nc(-c2c(C)nc3sccn23)cs1. The molecule has 3 aromatic heterocycles. The average Bonchev–Trinajstić information content (AvgIpc) is 3.24. The van der Waals surface area contributed by atoms with Crippen LogP contribution in [0.15, 0.2) is 41.2 Å². The molecule has 4 aromatic rings. The molecule has 3 heterocycles. The number of aryl methyl sites for hydroxylation is 1. The van der Waals surface area contributed by atoms with E-state index in [1.165, 1.54) is 0 Å². The van der Waals surface area contributed by atoms with Crippen LogP contribution >= 0.6 is 22.7 Å². The summed E-state index contributed by atoms with van der Waals surface area (Å²) in [6.45, 7) is 2.02. The van der Waals surface area contributed by atoms with Gasteiger partial charge in [-0.05, 0) is 19.1 Å². The number of methoxy groups -OCH3 is 1. The molecule has 0 radical (unpaired) electrons. The molecule has 0 fully saturated rings. The number of aromatic nitrogens is 3. The molecule has 0 aliphatic heterocycles. The summed E-state index contributed by atoms with van der Waals surface area (Å²) < 4.78 is 7.45. The van der Waals surface area contributed by atoms with Gasteiger partial charge in [-0.1, -0.05) is 12.1 Å². The molecule has 0 unspecified atom stereocenters. The molecule has 7 heteroatoms. The summed E-state index contributed by atoms with van der Waals surface area (Å²) in [4.78, 5) is 10.3. The topological polar surface area (TPSA) is 51.5 Å². The summed E-state index contributed by atoms with van der Waals surface area (Å²) in [7, 11) is 1.66. The number of benzene rings is 1. The first kappa shape index (κ1) is 14.2. The van der Waals surface area contributed by atoms with E-state index in [0.717, 1.165) is 38.6 Å². The fourth-order valence-electron chi connectivity index (χ4n) is 2.51. The van der Waals surface area contributed by atoms with Gasteiger partial charge in [0, 0.05) is 17.0 Å². The molecule has 1 aromatic carbocycles. The Morgan fingerprint density at radius 2 is 2.04 bits per heavy atom. The Bertz CT molecular complexity index is 969. The highest BCUT2D eigenvalue weighted by Gasteiger charge is 2.15. The van der Waals surface area contributed by atoms with Crippen LogP contribution in [0.5, 0.6) is 5.75 Å². The van der Waals surface area contributed by atoms with Gasteiger partial charge in [0.2, 0.25) is 0 Å². The molecule has 23 heavy (non-hydrogen) atoms. The Kier molecular flexibility index (Phi) is 3.51. The monoisotopic (exact) mass is 342 g/mol. The molecular weight excluding hydrogens is 328 g/mol. The molecular formula is C16H14N4OS2. The van der Waals surface area contributed by atoms with E-state index in [1.54, 1.807) is 29.8 Å². The summed E-state index contributed by atoms with van der Waals surface area (Å²) in [6.07, 6.45) is 2.03. The van der Waals surface area contributed by atoms with Crippen molar-refractivity contribution in [3.8, 4) is 17.1 Å². The minimum atomic E-state index is 0.796. The van der Waals surface area contributed by atoms with Gasteiger partial charge in [-0.15, -0.1) is 22.7 Å². The second-order valence-electron chi connectivity index (χ2n) is 4.96. The summed E-state index contributed by atoms with van der Waals surface area (Å²) in [5.41, 5.74) is 3.87. The van der Waals surface area contributed by atoms with Gasteiger partial charge in [0.1, 0.15) is 11.4 Å². The summed E-state index contributed by atoms with van der Waals surface area (Å²) in [5.74, 6) is 0.796. The first-order chi connectivity index (χ1) is 11.3. The molecule has 0 atom stereocenters. The van der Waals surface area contributed by atoms with Gasteiger partial charge in [0.15, 0.2) is 10.1 Å². The zero-order valence-electron chi connectivity index (χ0n) is 12.6. The van der Waals surface area contributed by atoms with Crippen molar-refractivity contribution in [1.82, 2.24) is 14.4 Å². The number of rotatable bonds is 4. The third-order valence-electron chi connectivity index (χ3n) is 3.53. The zero-order valence-corrected chi connectivity index (χ0v) is 14.2. The molecule has 5 nitrogen and oxygen atoms in total. The lowest BCUT2D eigenvalue weighted by Gasteiger charge is -2.08. The highest BCUT2D eigenvalue weighted by Crippen LogP contribution is 2.33. The minimum absolute atomic E-state index is 0.796. The largest absolute Gasteiger partial charge is 0.495 e. The van der Waals surface area contributed by atoms with E-state index in [1.807, 2.05) is 48.1 Å². The molecule has 0 saturated heterocycles. The van der Waals surface area contributed by atoms with Gasteiger partial charge in [-0.25, -0.2) is 9.97 Å². The highest BCUT2D eigenvalue weighted by molar-refractivity contribution is 7.15. The second kappa shape index (κ2) is 5.68. The Morgan fingerprint density at radius 1 is 1.17 bits per heavy atom. The zero-order chi connectivity index (χ0) is 15.8. The molecule has 0 saturated carbocycles. The first-order valence-corrected chi connectivity index (χ1v) is 8.80. The van der Waals surface area contributed by atoms with Crippen molar-refractivity contribution in [3.05, 3.63) is 46.9 Å². The number of para-hydroxylation sites is 2. The Morgan fingerprint density at radius 3 is 2.91 bits per heavy atom. The maximum atomic E-state index is 5.36. The van der Waals surface area contributed by atoms with Gasteiger partial charge >= 0.3 is 0 Å². The first-order valence-electron chi connectivity index (χ1n) is 7.04. The van der Waals surface area contributed by atoms with Crippen molar-refractivity contribution in [2.24, 2.45) is 0 Å². The van der Waals surface area contributed by atoms with E-state index >= 15 is 0 Å². The Balaban J connectivity index is 1.69. The van der Waals surface area contributed by atoms with Crippen LogP contribution in [0.2, 0.25) is 0 Å². The molecule has 0 bridgehead atoms. The molecule has 4 rings (SSSR count). The lowest BCUT2D eigenvalue weighted by molar-refractivity contribution is 0.417. The predicted molar refractivity (Wildman–Crippen MR) is 95.2 cm³/mol. The van der Waals surface area contributed by atoms with E-state index < -0.39 is 0 Å². The number of hydrogen-bond acceptors (Lipinski definition) is 6. The van der Waals surface area contributed by atoms with Gasteiger partial charge in [0.25, 0.3) is 0 Å². The van der Waals surface area contributed by atoms with Crippen molar-refractivity contribution in [1.29, 1.82) is 0 Å². The van der Waals surface area contributed by atoms with Crippen LogP contribution in [0.4, 0.5) is 10.8 Å². The quantitative estimate of drug-likeness (QED) is 0.590. The van der Waals surface area contributed by atoms with Crippen molar-refractivity contribution in [3.63, 3.8) is 0 Å². The molecule has 0 aliphatic rings. The van der Waals surface area contributed by atoms with E-state index in [4.69, 9.17) is 9.72 Å². The molecule has 0 spiro atoms. The molecule has 1 N–H and O–H groups in total. The number of ether oxygens (including phenoxy) is 1. The van der Waals surface area contributed by atoms with Gasteiger partial charge in [0.05, 0.1) is 24.2 Å². The van der Waals surface area contributed by atoms with E-state index in [0.29, 0.717) is 0 Å². The predicted octanol–water partition coefficient (Wildman–Crippen LogP) is 4.58. The van der Waals surface area contributed by atoms with Crippen molar-refractivity contribution in [2.45, 2.75) is 6.92 Å². The van der Waals surface area contributed by atoms with Crippen LogP contribution in [0.3, 0.4) is 0 Å². The van der Waals surface area contributed by atoms with E-state index in [2.05, 4.69) is 14.7 Å². The van der Waals surface area contributed by atoms with Crippen LogP contribution in [0.25, 0.3) is 16.3 Å². The average molecular weight is 342 g/mol. The van der Waals surface area contributed by atoms with Crippen LogP contribution < -0.4 is 10.1 Å². The number of nitrogens with one attached hydrogen (secondary N) is 1. The van der Waals surface area contributed by atoms with Crippen LogP contribution in [-0.2, 0) is 0 Å². The van der Waals surface area contributed by atoms with E-state index in [9.17, 15) is 0 Å². The molecule has 0 amide bonds. The van der Waals surface area contributed by atoms with Crippen molar-refractivity contribution in [2.75, 3.05) is 12.4 Å². The van der Waals surface area contributed by atoms with Crippen molar-refractivity contribution >= 4 is 38.5 Å². The number of nitrogens with zero attached hydrogens (tertiary/aromatic N) is 3. The number of fused-ring (bicyclic) bond motifs is 1. The number of anilines is 2. The Labute approximate surface area is 141 Å². The Hall–Kier alpha value is -2.38. The van der Waals surface area contributed by atoms with Gasteiger partial charge in [-0.3, -0.25) is 4.40 Å². The van der Waals surface area contributed by atoms with Crippen molar-refractivity contribution < 1.29 is 4.74 Å². The normalized spacial score (nSPS) is 11.0. The summed E-state index contributed by atoms with van der Waals surface area (Å²) in [6, 6.07) is 7.81. The summed E-state index contributed by atoms with van der Waals surface area (Å²) >= 11 is 3.19. The lowest BCUT2D eigenvalue weighted by Crippen LogP contribution is -1.94. The number of imidazole rings is 1. The number of hydrogen-bond donors (Lipinski definition) is 1. The molecule has 0 aliphatic carbocycles. The highest BCUT2D eigenvalue weighted by atomic mass is 32.1. The maximum Gasteiger partial charge on any atom is 0.194 e. The number of thiazole rings is 2. The fourth-order valence-corrected chi connectivity index (χ4v) is 3.97. The van der Waals surface area contributed by atoms with Crippen LogP contribution in [-0.4, -0.2) is 21.5 Å². The fraction of sp³-hybridized carbons (Fsp3) is 0.125. The van der Waals surface area contributed by atoms with Crippen LogP contribution in [0, 0.1) is 6.92 Å². The minimum Gasteiger partial charge on any atom is -0.495 e. The van der Waals surface area contributed by atoms with Gasteiger partial charge < -0.3 is 10.1 Å². The van der Waals surface area contributed by atoms with Gasteiger partial charge in [-0.2, -0.15) is 0 Å². The summed E-state index contributed by atoms with van der Waals surface area (Å²) in [5, 5.41) is 8.23. The molecule has 116 valence electrons. The third-order valence-corrected chi connectivity index (χ3v) is 5.05. The third kappa shape index (κ3) is 2.47. The van der Waals surface area contributed by atoms with E-state index in [-0.39, 0.29) is 0 Å². The van der Waals surface area contributed by atoms with Crippen LogP contribution in [0.1, 0.15) is 5.69 Å². The second-order valence-corrected chi connectivity index (χ2v) is 6.70. The lowest BCUT2D eigenvalue weighted by atomic mass is 10.3. The maximum absolute atomic E-state index is 5.36. The smallest absolute Gasteiger partial charge is 0.194 e. The standard InChI is InChI=1S/C16H14N4OS2/c1-10-14(20-7-8-22-16(20)17-10)12-9-23-15(19-12)18-11-5-3-4-6-13(11)21-2/h3-9H,1-2H3,(H,18,19).